The maximum absolute atomic E-state index is 12.6. The Morgan fingerprint density at radius 2 is 1.79 bits per heavy atom. The van der Waals surface area contributed by atoms with Crippen molar-refractivity contribution in [3.05, 3.63) is 75.9 Å². The third-order valence-electron chi connectivity index (χ3n) is 5.16. The number of piperidine rings is 1. The highest BCUT2D eigenvalue weighted by molar-refractivity contribution is 6.30. The fourth-order valence-corrected chi connectivity index (χ4v) is 3.87. The molecule has 1 amide bonds. The van der Waals surface area contributed by atoms with E-state index in [0.717, 1.165) is 48.4 Å². The second-order valence-electron chi connectivity index (χ2n) is 7.19. The third-order valence-corrected chi connectivity index (χ3v) is 5.62. The van der Waals surface area contributed by atoms with Crippen LogP contribution in [0.4, 0.5) is 0 Å². The molecule has 1 fully saturated rings. The van der Waals surface area contributed by atoms with Crippen LogP contribution in [0, 0.1) is 0 Å². The van der Waals surface area contributed by atoms with Crippen LogP contribution >= 0.6 is 23.2 Å². The van der Waals surface area contributed by atoms with Gasteiger partial charge in [0.2, 0.25) is 0 Å². The molecule has 0 spiro atoms. The van der Waals surface area contributed by atoms with Crippen LogP contribution in [0.1, 0.15) is 28.8 Å². The molecule has 0 unspecified atom stereocenters. The fourth-order valence-electron chi connectivity index (χ4n) is 3.59. The highest BCUT2D eigenvalue weighted by atomic mass is 35.5. The van der Waals surface area contributed by atoms with E-state index < -0.39 is 0 Å². The van der Waals surface area contributed by atoms with Crippen LogP contribution in [0.5, 0.6) is 0 Å². The molecule has 0 aliphatic carbocycles. The first kappa shape index (κ1) is 19.2. The van der Waals surface area contributed by atoms with Crippen molar-refractivity contribution in [3.63, 3.8) is 0 Å². The summed E-state index contributed by atoms with van der Waals surface area (Å²) in [7, 11) is 0. The summed E-state index contributed by atoms with van der Waals surface area (Å²) in [4.78, 5) is 19.3. The van der Waals surface area contributed by atoms with E-state index in [0.29, 0.717) is 10.7 Å². The summed E-state index contributed by atoms with van der Waals surface area (Å²) in [5.41, 5.74) is 2.71. The number of hydrogen-bond acceptors (Lipinski definition) is 3. The van der Waals surface area contributed by atoms with Crippen molar-refractivity contribution in [3.8, 4) is 0 Å². The van der Waals surface area contributed by atoms with Crippen LogP contribution in [-0.4, -0.2) is 34.9 Å². The number of rotatable bonds is 4. The van der Waals surface area contributed by atoms with Crippen LogP contribution in [-0.2, 0) is 6.54 Å². The zero-order chi connectivity index (χ0) is 19.5. The monoisotopic (exact) mass is 413 g/mol. The molecule has 1 aliphatic rings. The maximum Gasteiger partial charge on any atom is 0.251 e. The van der Waals surface area contributed by atoms with Crippen molar-refractivity contribution in [1.29, 1.82) is 0 Å². The molecule has 4 rings (SSSR count). The van der Waals surface area contributed by atoms with E-state index in [4.69, 9.17) is 23.2 Å². The van der Waals surface area contributed by atoms with Gasteiger partial charge >= 0.3 is 0 Å². The molecule has 0 atom stereocenters. The van der Waals surface area contributed by atoms with Gasteiger partial charge < -0.3 is 5.32 Å². The van der Waals surface area contributed by atoms with Gasteiger partial charge in [0.1, 0.15) is 5.15 Å². The molecule has 1 N–H and O–H groups in total. The van der Waals surface area contributed by atoms with E-state index >= 15 is 0 Å². The molecule has 3 aromatic rings. The van der Waals surface area contributed by atoms with Gasteiger partial charge in [-0.25, -0.2) is 4.98 Å². The number of benzene rings is 2. The minimum absolute atomic E-state index is 0.0343. The number of aromatic nitrogens is 1. The number of carbonyl (C=O) groups excluding carboxylic acids is 1. The molecule has 0 saturated carbocycles. The van der Waals surface area contributed by atoms with Crippen molar-refractivity contribution in [2.75, 3.05) is 13.1 Å². The lowest BCUT2D eigenvalue weighted by Crippen LogP contribution is -2.44. The molecule has 6 heteroatoms. The lowest BCUT2D eigenvalue weighted by atomic mass is 10.0. The number of likely N-dealkylation sites (tertiary alicyclic amines) is 1. The van der Waals surface area contributed by atoms with Crippen molar-refractivity contribution in [2.45, 2.75) is 25.4 Å². The second kappa shape index (κ2) is 8.48. The van der Waals surface area contributed by atoms with Gasteiger partial charge in [0.25, 0.3) is 5.91 Å². The van der Waals surface area contributed by atoms with Crippen LogP contribution in [0.2, 0.25) is 10.2 Å². The number of nitrogens with one attached hydrogen (secondary N) is 1. The topological polar surface area (TPSA) is 45.2 Å². The van der Waals surface area contributed by atoms with Gasteiger partial charge in [-0.2, -0.15) is 0 Å². The Hall–Kier alpha value is -2.14. The Labute approximate surface area is 174 Å². The Bertz CT molecular complexity index is 983. The molecule has 2 heterocycles. The largest absolute Gasteiger partial charge is 0.349 e. The van der Waals surface area contributed by atoms with E-state index in [1.54, 1.807) is 12.1 Å². The maximum atomic E-state index is 12.6. The van der Waals surface area contributed by atoms with Crippen molar-refractivity contribution >= 4 is 40.0 Å². The summed E-state index contributed by atoms with van der Waals surface area (Å²) in [6.45, 7) is 2.85. The molecule has 28 heavy (non-hydrogen) atoms. The molecule has 144 valence electrons. The number of hydrogen-bond donors (Lipinski definition) is 1. The number of pyridine rings is 1. The predicted molar refractivity (Wildman–Crippen MR) is 114 cm³/mol. The molecule has 1 saturated heterocycles. The molecule has 2 aromatic carbocycles. The van der Waals surface area contributed by atoms with Gasteiger partial charge in [-0.05, 0) is 60.9 Å². The first-order valence-electron chi connectivity index (χ1n) is 9.41. The smallest absolute Gasteiger partial charge is 0.251 e. The Morgan fingerprint density at radius 3 is 2.54 bits per heavy atom. The van der Waals surface area contributed by atoms with Crippen LogP contribution < -0.4 is 5.32 Å². The average Bonchev–Trinajstić information content (AvgIpc) is 2.70. The molecule has 0 radical (unpaired) electrons. The van der Waals surface area contributed by atoms with Gasteiger partial charge in [-0.15, -0.1) is 0 Å². The SMILES string of the molecule is O=C(NC1CCN(Cc2ccc(Cl)cc2)CC1)c1ccc2nc(Cl)ccc2c1. The molecular weight excluding hydrogens is 393 g/mol. The number of fused-ring (bicyclic) bond motifs is 1. The highest BCUT2D eigenvalue weighted by Crippen LogP contribution is 2.19. The zero-order valence-electron chi connectivity index (χ0n) is 15.4. The Morgan fingerprint density at radius 1 is 1.04 bits per heavy atom. The van der Waals surface area contributed by atoms with Gasteiger partial charge in [-0.3, -0.25) is 9.69 Å². The van der Waals surface area contributed by atoms with Crippen LogP contribution in [0.3, 0.4) is 0 Å². The van der Waals surface area contributed by atoms with Gasteiger partial charge in [0.15, 0.2) is 0 Å². The lowest BCUT2D eigenvalue weighted by Gasteiger charge is -2.32. The van der Waals surface area contributed by atoms with Crippen molar-refractivity contribution in [2.24, 2.45) is 0 Å². The van der Waals surface area contributed by atoms with Gasteiger partial charge in [0.05, 0.1) is 5.52 Å². The Balaban J connectivity index is 1.32. The average molecular weight is 414 g/mol. The second-order valence-corrected chi connectivity index (χ2v) is 8.02. The van der Waals surface area contributed by atoms with Crippen molar-refractivity contribution in [1.82, 2.24) is 15.2 Å². The quantitative estimate of drug-likeness (QED) is 0.616. The number of halogens is 2. The first-order chi connectivity index (χ1) is 13.6. The zero-order valence-corrected chi connectivity index (χ0v) is 16.9. The molecule has 4 nitrogen and oxygen atoms in total. The first-order valence-corrected chi connectivity index (χ1v) is 10.2. The van der Waals surface area contributed by atoms with E-state index in [-0.39, 0.29) is 11.9 Å². The predicted octanol–water partition coefficient (Wildman–Crippen LogP) is 4.94. The Kier molecular flexibility index (Phi) is 5.81. The standard InChI is InChI=1S/C22H21Cl2N3O/c23-18-5-1-15(2-6-18)14-27-11-9-19(10-12-27)25-22(28)17-3-7-20-16(13-17)4-8-21(24)26-20/h1-8,13,19H,9-12,14H2,(H,25,28). The summed E-state index contributed by atoms with van der Waals surface area (Å²) in [5.74, 6) is -0.0343. The van der Waals surface area contributed by atoms with Gasteiger partial charge in [0, 0.05) is 41.6 Å². The molecule has 0 bridgehead atoms. The normalized spacial score (nSPS) is 15.6. The minimum atomic E-state index is -0.0343. The van der Waals surface area contributed by atoms with E-state index in [1.165, 1.54) is 5.56 Å². The number of amides is 1. The fraction of sp³-hybridized carbons (Fsp3) is 0.273. The molecule has 1 aliphatic heterocycles. The summed E-state index contributed by atoms with van der Waals surface area (Å²) >= 11 is 11.9. The highest BCUT2D eigenvalue weighted by Gasteiger charge is 2.21. The lowest BCUT2D eigenvalue weighted by molar-refractivity contribution is 0.0909. The van der Waals surface area contributed by atoms with E-state index in [9.17, 15) is 4.79 Å². The van der Waals surface area contributed by atoms with Crippen molar-refractivity contribution < 1.29 is 4.79 Å². The molecule has 1 aromatic heterocycles. The third kappa shape index (κ3) is 4.64. The van der Waals surface area contributed by atoms with E-state index in [2.05, 4.69) is 27.3 Å². The van der Waals surface area contributed by atoms with Crippen LogP contribution in [0.25, 0.3) is 10.9 Å². The van der Waals surface area contributed by atoms with Gasteiger partial charge in [-0.1, -0.05) is 35.3 Å². The molecular formula is C22H21Cl2N3O. The summed E-state index contributed by atoms with van der Waals surface area (Å²) < 4.78 is 0. The summed E-state index contributed by atoms with van der Waals surface area (Å²) in [5, 5.41) is 5.30. The minimum Gasteiger partial charge on any atom is -0.349 e. The van der Waals surface area contributed by atoms with E-state index in [1.807, 2.05) is 30.3 Å². The number of carbonyl (C=O) groups is 1. The van der Waals surface area contributed by atoms with Crippen LogP contribution in [0.15, 0.2) is 54.6 Å². The number of nitrogens with zero attached hydrogens (tertiary/aromatic N) is 2. The summed E-state index contributed by atoms with van der Waals surface area (Å²) in [6.07, 6.45) is 1.90. The summed E-state index contributed by atoms with van der Waals surface area (Å²) in [6, 6.07) is 17.3.